The topological polar surface area (TPSA) is 56.3 Å². The zero-order valence-electron chi connectivity index (χ0n) is 9.91. The molecular formula is C13H13NO3S. The van der Waals surface area contributed by atoms with E-state index in [4.69, 9.17) is 4.74 Å². The van der Waals surface area contributed by atoms with E-state index in [-0.39, 0.29) is 16.5 Å². The summed E-state index contributed by atoms with van der Waals surface area (Å²) < 4.78 is 29.3. The summed E-state index contributed by atoms with van der Waals surface area (Å²) in [6.07, 6.45) is 1.51. The average Bonchev–Trinajstić information content (AvgIpc) is 2.40. The number of sulfone groups is 1. The molecule has 1 aromatic carbocycles. The van der Waals surface area contributed by atoms with Crippen LogP contribution in [0.2, 0.25) is 0 Å². The number of rotatable bonds is 4. The minimum Gasteiger partial charge on any atom is -0.438 e. The van der Waals surface area contributed by atoms with Gasteiger partial charge in [0.25, 0.3) is 0 Å². The molecule has 0 N–H and O–H groups in total. The fourth-order valence-electron chi connectivity index (χ4n) is 1.45. The standard InChI is InChI=1S/C13H13NO3S/c1-2-18(15,16)12-9-6-10-14-13(12)17-11-7-4-3-5-8-11/h3-10H,2H2,1H3. The number of nitrogens with zero attached hydrogens (tertiary/aromatic N) is 1. The first-order valence-electron chi connectivity index (χ1n) is 5.54. The van der Waals surface area contributed by atoms with Gasteiger partial charge in [0.15, 0.2) is 9.84 Å². The minimum absolute atomic E-state index is 0.0177. The third-order valence-electron chi connectivity index (χ3n) is 2.41. The molecule has 0 radical (unpaired) electrons. The summed E-state index contributed by atoms with van der Waals surface area (Å²) in [5.74, 6) is 0.693. The second-order valence-corrected chi connectivity index (χ2v) is 5.87. The van der Waals surface area contributed by atoms with Gasteiger partial charge >= 0.3 is 0 Å². The Labute approximate surface area is 106 Å². The van der Waals surface area contributed by atoms with Gasteiger partial charge in [-0.3, -0.25) is 0 Å². The Morgan fingerprint density at radius 2 is 1.83 bits per heavy atom. The third kappa shape index (κ3) is 2.68. The van der Waals surface area contributed by atoms with Crippen molar-refractivity contribution >= 4 is 9.84 Å². The van der Waals surface area contributed by atoms with Crippen LogP contribution < -0.4 is 4.74 Å². The normalized spacial score (nSPS) is 11.2. The molecule has 0 bridgehead atoms. The van der Waals surface area contributed by atoms with Crippen molar-refractivity contribution in [2.75, 3.05) is 5.75 Å². The van der Waals surface area contributed by atoms with Crippen molar-refractivity contribution in [2.24, 2.45) is 0 Å². The molecular weight excluding hydrogens is 250 g/mol. The zero-order valence-corrected chi connectivity index (χ0v) is 10.7. The van der Waals surface area contributed by atoms with Crippen LogP contribution in [0.1, 0.15) is 6.92 Å². The van der Waals surface area contributed by atoms with Gasteiger partial charge in [-0.1, -0.05) is 25.1 Å². The zero-order chi connectivity index (χ0) is 13.0. The average molecular weight is 263 g/mol. The third-order valence-corrected chi connectivity index (χ3v) is 4.15. The van der Waals surface area contributed by atoms with Crippen LogP contribution in [0.5, 0.6) is 11.6 Å². The summed E-state index contributed by atoms with van der Waals surface area (Å²) in [6, 6.07) is 12.1. The number of para-hydroxylation sites is 1. The molecule has 0 saturated heterocycles. The van der Waals surface area contributed by atoms with Crippen LogP contribution >= 0.6 is 0 Å². The Bertz CT molecular complexity index is 624. The monoisotopic (exact) mass is 263 g/mol. The van der Waals surface area contributed by atoms with Crippen LogP contribution in [0, 0.1) is 0 Å². The Kier molecular flexibility index (Phi) is 3.62. The summed E-state index contributed by atoms with van der Waals surface area (Å²) in [7, 11) is -3.34. The van der Waals surface area contributed by atoms with Gasteiger partial charge < -0.3 is 4.74 Å². The molecule has 0 aliphatic carbocycles. The molecule has 5 heteroatoms. The summed E-state index contributed by atoms with van der Waals surface area (Å²) in [5, 5.41) is 0. The Morgan fingerprint density at radius 3 is 2.50 bits per heavy atom. The van der Waals surface area contributed by atoms with E-state index in [9.17, 15) is 8.42 Å². The maximum Gasteiger partial charge on any atom is 0.238 e. The van der Waals surface area contributed by atoms with E-state index in [1.54, 1.807) is 25.1 Å². The molecule has 0 unspecified atom stereocenters. The van der Waals surface area contributed by atoms with Gasteiger partial charge in [-0.05, 0) is 24.3 Å². The minimum atomic E-state index is -3.34. The lowest BCUT2D eigenvalue weighted by Crippen LogP contribution is -2.06. The summed E-state index contributed by atoms with van der Waals surface area (Å²) in [6.45, 7) is 1.59. The molecule has 2 aromatic rings. The SMILES string of the molecule is CCS(=O)(=O)c1cccnc1Oc1ccccc1. The van der Waals surface area contributed by atoms with Gasteiger partial charge in [-0.25, -0.2) is 13.4 Å². The van der Waals surface area contributed by atoms with Gasteiger partial charge in [-0.2, -0.15) is 0 Å². The highest BCUT2D eigenvalue weighted by Gasteiger charge is 2.18. The number of pyridine rings is 1. The molecule has 0 spiro atoms. The Balaban J connectivity index is 2.41. The van der Waals surface area contributed by atoms with E-state index in [1.165, 1.54) is 12.3 Å². The molecule has 0 amide bonds. The van der Waals surface area contributed by atoms with Crippen LogP contribution in [0.25, 0.3) is 0 Å². The van der Waals surface area contributed by atoms with Crippen molar-refractivity contribution in [3.63, 3.8) is 0 Å². The fourth-order valence-corrected chi connectivity index (χ4v) is 2.40. The van der Waals surface area contributed by atoms with E-state index < -0.39 is 9.84 Å². The second kappa shape index (κ2) is 5.18. The lowest BCUT2D eigenvalue weighted by Gasteiger charge is -2.09. The highest BCUT2D eigenvalue weighted by Crippen LogP contribution is 2.26. The van der Waals surface area contributed by atoms with Crippen LogP contribution in [-0.4, -0.2) is 19.2 Å². The van der Waals surface area contributed by atoms with E-state index in [0.29, 0.717) is 5.75 Å². The van der Waals surface area contributed by atoms with Crippen molar-refractivity contribution in [3.05, 3.63) is 48.7 Å². The Hall–Kier alpha value is -1.88. The first kappa shape index (κ1) is 12.6. The maximum absolute atomic E-state index is 11.9. The maximum atomic E-state index is 11.9. The number of hydrogen-bond acceptors (Lipinski definition) is 4. The van der Waals surface area contributed by atoms with Crippen molar-refractivity contribution < 1.29 is 13.2 Å². The summed E-state index contributed by atoms with van der Waals surface area (Å²) in [4.78, 5) is 4.11. The van der Waals surface area contributed by atoms with Crippen LogP contribution in [0.4, 0.5) is 0 Å². The molecule has 0 aliphatic rings. The fraction of sp³-hybridized carbons (Fsp3) is 0.154. The van der Waals surface area contributed by atoms with Gasteiger partial charge in [0.2, 0.25) is 5.88 Å². The van der Waals surface area contributed by atoms with Crippen molar-refractivity contribution in [1.82, 2.24) is 4.98 Å². The van der Waals surface area contributed by atoms with Crippen LogP contribution in [0.3, 0.4) is 0 Å². The van der Waals surface area contributed by atoms with Crippen LogP contribution in [-0.2, 0) is 9.84 Å². The molecule has 2 rings (SSSR count). The van der Waals surface area contributed by atoms with E-state index in [2.05, 4.69) is 4.98 Å². The van der Waals surface area contributed by atoms with Gasteiger partial charge in [0.1, 0.15) is 10.6 Å². The summed E-state index contributed by atoms with van der Waals surface area (Å²) >= 11 is 0. The predicted octanol–water partition coefficient (Wildman–Crippen LogP) is 2.67. The number of hydrogen-bond donors (Lipinski definition) is 0. The molecule has 0 atom stereocenters. The summed E-state index contributed by atoms with van der Waals surface area (Å²) in [5.41, 5.74) is 0. The van der Waals surface area contributed by atoms with Crippen molar-refractivity contribution in [3.8, 4) is 11.6 Å². The van der Waals surface area contributed by atoms with E-state index >= 15 is 0 Å². The molecule has 0 saturated carbocycles. The van der Waals surface area contributed by atoms with E-state index in [0.717, 1.165) is 0 Å². The molecule has 94 valence electrons. The second-order valence-electron chi connectivity index (χ2n) is 3.63. The number of aromatic nitrogens is 1. The highest BCUT2D eigenvalue weighted by atomic mass is 32.2. The molecule has 18 heavy (non-hydrogen) atoms. The van der Waals surface area contributed by atoms with E-state index in [1.807, 2.05) is 18.2 Å². The number of ether oxygens (including phenoxy) is 1. The molecule has 4 nitrogen and oxygen atoms in total. The number of benzene rings is 1. The van der Waals surface area contributed by atoms with Gasteiger partial charge in [-0.15, -0.1) is 0 Å². The van der Waals surface area contributed by atoms with Crippen molar-refractivity contribution in [1.29, 1.82) is 0 Å². The molecule has 1 heterocycles. The molecule has 0 aliphatic heterocycles. The first-order valence-corrected chi connectivity index (χ1v) is 7.19. The lowest BCUT2D eigenvalue weighted by molar-refractivity contribution is 0.447. The van der Waals surface area contributed by atoms with Gasteiger partial charge in [0.05, 0.1) is 5.75 Å². The largest absolute Gasteiger partial charge is 0.438 e. The van der Waals surface area contributed by atoms with Gasteiger partial charge in [0, 0.05) is 6.20 Å². The smallest absolute Gasteiger partial charge is 0.238 e. The van der Waals surface area contributed by atoms with Crippen molar-refractivity contribution in [2.45, 2.75) is 11.8 Å². The molecule has 0 fully saturated rings. The highest BCUT2D eigenvalue weighted by molar-refractivity contribution is 7.91. The Morgan fingerprint density at radius 1 is 1.11 bits per heavy atom. The lowest BCUT2D eigenvalue weighted by atomic mass is 10.3. The van der Waals surface area contributed by atoms with Crippen LogP contribution in [0.15, 0.2) is 53.6 Å². The molecule has 1 aromatic heterocycles. The predicted molar refractivity (Wildman–Crippen MR) is 68.5 cm³/mol. The first-order chi connectivity index (χ1) is 8.63. The quantitative estimate of drug-likeness (QED) is 0.851.